The molecular weight excluding hydrogens is 1080 g/mol. The van der Waals surface area contributed by atoms with Gasteiger partial charge in [0, 0.05) is 25.7 Å². The third-order valence-corrected chi connectivity index (χ3v) is 17.3. The number of carbonyl (C=O) groups is 4. The van der Waals surface area contributed by atoms with Gasteiger partial charge in [0.25, 0.3) is 0 Å². The molecule has 9 nitrogen and oxygen atoms in total. The Kier molecular flexibility index (Phi) is 61.8. The summed E-state index contributed by atoms with van der Waals surface area (Å²) in [5.74, 6) is -1.52. The summed E-state index contributed by atoms with van der Waals surface area (Å²) in [7, 11) is 0. The van der Waals surface area contributed by atoms with Gasteiger partial charge in [-0.2, -0.15) is 0 Å². The Balaban J connectivity index is 2.91. The van der Waals surface area contributed by atoms with Crippen molar-refractivity contribution in [3.05, 3.63) is 48.6 Å². The zero-order valence-electron chi connectivity index (χ0n) is 57.6. The molecule has 1 unspecified atom stereocenters. The molecule has 0 aromatic heterocycles. The number of allylic oxidation sites excluding steroid dienone is 8. The van der Waals surface area contributed by atoms with Crippen LogP contribution in [0, 0.1) is 0 Å². The first-order valence-electron chi connectivity index (χ1n) is 37.8. The van der Waals surface area contributed by atoms with E-state index in [0.29, 0.717) is 19.3 Å². The molecule has 0 amide bonds. The van der Waals surface area contributed by atoms with Crippen LogP contribution in [0.1, 0.15) is 387 Å². The lowest BCUT2D eigenvalue weighted by atomic mass is 10.0. The summed E-state index contributed by atoms with van der Waals surface area (Å²) in [4.78, 5) is 54.1. The van der Waals surface area contributed by atoms with Gasteiger partial charge in [0.15, 0.2) is 18.3 Å². The lowest BCUT2D eigenvalue weighted by Gasteiger charge is -2.28. The summed E-state index contributed by atoms with van der Waals surface area (Å²) in [6.07, 6.45) is 76.5. The molecule has 9 heteroatoms. The molecule has 1 rings (SSSR count). The summed E-state index contributed by atoms with van der Waals surface area (Å²) >= 11 is 0. The monoisotopic (exact) mass is 1220 g/mol. The Bertz CT molecular complexity index is 1650. The van der Waals surface area contributed by atoms with Gasteiger partial charge in [-0.25, -0.2) is 0 Å². The van der Waals surface area contributed by atoms with Crippen molar-refractivity contribution < 1.29 is 42.9 Å². The molecule has 1 heterocycles. The molecule has 0 bridgehead atoms. The van der Waals surface area contributed by atoms with Gasteiger partial charge in [-0.05, 0) is 128 Å². The Morgan fingerprint density at radius 2 is 0.575 bits per heavy atom. The van der Waals surface area contributed by atoms with Crippen molar-refractivity contribution in [1.29, 1.82) is 0 Å². The molecule has 0 aromatic rings. The van der Waals surface area contributed by atoms with Gasteiger partial charge in [-0.3, -0.25) is 19.2 Å². The van der Waals surface area contributed by atoms with Crippen molar-refractivity contribution in [3.63, 3.8) is 0 Å². The lowest BCUT2D eigenvalue weighted by Crippen LogP contribution is -2.47. The van der Waals surface area contributed by atoms with E-state index in [2.05, 4.69) is 76.3 Å². The third-order valence-electron chi connectivity index (χ3n) is 17.3. The summed E-state index contributed by atoms with van der Waals surface area (Å²) in [5, 5.41) is 0. The van der Waals surface area contributed by atoms with Crippen LogP contribution in [0.15, 0.2) is 48.6 Å². The Morgan fingerprint density at radius 3 is 0.885 bits per heavy atom. The van der Waals surface area contributed by atoms with Gasteiger partial charge in [-0.1, -0.05) is 282 Å². The van der Waals surface area contributed by atoms with Gasteiger partial charge in [0.05, 0.1) is 6.61 Å². The minimum Gasteiger partial charge on any atom is -0.462 e. The Hall–Kier alpha value is -3.20. The van der Waals surface area contributed by atoms with Crippen LogP contribution in [-0.4, -0.2) is 61.5 Å². The Labute approximate surface area is 537 Å². The van der Waals surface area contributed by atoms with Crippen molar-refractivity contribution in [2.24, 2.45) is 0 Å². The summed E-state index contributed by atoms with van der Waals surface area (Å²) in [5.41, 5.74) is 0. The first-order chi connectivity index (χ1) is 42.9. The maximum atomic E-state index is 13.7. The van der Waals surface area contributed by atoms with Crippen molar-refractivity contribution >= 4 is 23.9 Å². The minimum absolute atomic E-state index is 0.0146. The number of hydrogen-bond donors (Lipinski definition) is 0. The fourth-order valence-corrected chi connectivity index (χ4v) is 11.6. The van der Waals surface area contributed by atoms with Gasteiger partial charge in [0.1, 0.15) is 12.7 Å². The van der Waals surface area contributed by atoms with E-state index < -0.39 is 36.4 Å². The SMILES string of the molecule is CCCCCCCC/C=C\CCCCCCCC(=O)OCC(OC(=O)CCCCCCC/C=C\CCCCCCCC)[C@H]1OC[C@@H](OC(=O)CCCCCCC/C=C\CCCCCCCC)[C@@H]1OC(=O)CCCCCCC/C=C\CCCCCCCC. The van der Waals surface area contributed by atoms with Crippen LogP contribution in [0.5, 0.6) is 0 Å². The van der Waals surface area contributed by atoms with Crippen molar-refractivity contribution in [2.75, 3.05) is 13.2 Å². The van der Waals surface area contributed by atoms with E-state index in [1.54, 1.807) is 0 Å². The average Bonchev–Trinajstić information content (AvgIpc) is 2.48. The average molecular weight is 1220 g/mol. The van der Waals surface area contributed by atoms with Crippen molar-refractivity contribution in [1.82, 2.24) is 0 Å². The highest BCUT2D eigenvalue weighted by molar-refractivity contribution is 5.71. The first kappa shape index (κ1) is 81.8. The van der Waals surface area contributed by atoms with Crippen LogP contribution >= 0.6 is 0 Å². The quantitative estimate of drug-likeness (QED) is 0.0254. The van der Waals surface area contributed by atoms with Crippen LogP contribution < -0.4 is 0 Å². The normalized spacial score (nSPS) is 15.7. The number of ether oxygens (including phenoxy) is 5. The second-order valence-corrected chi connectivity index (χ2v) is 25.8. The molecule has 1 saturated heterocycles. The summed E-state index contributed by atoms with van der Waals surface area (Å²) < 4.78 is 30.6. The fraction of sp³-hybridized carbons (Fsp3) is 0.846. The van der Waals surface area contributed by atoms with Crippen LogP contribution in [-0.2, 0) is 42.9 Å². The van der Waals surface area contributed by atoms with Crippen molar-refractivity contribution in [3.8, 4) is 0 Å². The zero-order valence-corrected chi connectivity index (χ0v) is 57.6. The molecule has 0 aliphatic carbocycles. The molecular formula is C78H140O9. The molecule has 506 valence electrons. The highest BCUT2D eigenvalue weighted by Gasteiger charge is 2.48. The van der Waals surface area contributed by atoms with Gasteiger partial charge in [0.2, 0.25) is 0 Å². The molecule has 0 radical (unpaired) electrons. The van der Waals surface area contributed by atoms with Crippen LogP contribution in [0.25, 0.3) is 0 Å². The molecule has 0 saturated carbocycles. The highest BCUT2D eigenvalue weighted by atomic mass is 16.7. The number of hydrogen-bond acceptors (Lipinski definition) is 9. The largest absolute Gasteiger partial charge is 0.462 e. The molecule has 1 aliphatic heterocycles. The summed E-state index contributed by atoms with van der Waals surface area (Å²) in [6.45, 7) is 8.80. The second kappa shape index (κ2) is 65.7. The van der Waals surface area contributed by atoms with E-state index in [4.69, 9.17) is 23.7 Å². The minimum atomic E-state index is -1.04. The van der Waals surface area contributed by atoms with Crippen LogP contribution in [0.2, 0.25) is 0 Å². The van der Waals surface area contributed by atoms with Crippen molar-refractivity contribution in [2.45, 2.75) is 412 Å². The van der Waals surface area contributed by atoms with Gasteiger partial charge < -0.3 is 23.7 Å². The highest BCUT2D eigenvalue weighted by Crippen LogP contribution is 2.28. The van der Waals surface area contributed by atoms with E-state index in [1.807, 2.05) is 0 Å². The van der Waals surface area contributed by atoms with E-state index in [9.17, 15) is 19.2 Å². The fourth-order valence-electron chi connectivity index (χ4n) is 11.6. The molecule has 0 spiro atoms. The molecule has 1 aliphatic rings. The van der Waals surface area contributed by atoms with E-state index in [1.165, 1.54) is 180 Å². The predicted octanol–water partition coefficient (Wildman–Crippen LogP) is 23.8. The molecule has 4 atom stereocenters. The second-order valence-electron chi connectivity index (χ2n) is 25.8. The zero-order chi connectivity index (χ0) is 62.8. The lowest BCUT2D eigenvalue weighted by molar-refractivity contribution is -0.179. The van der Waals surface area contributed by atoms with E-state index >= 15 is 0 Å². The molecule has 0 aromatic carbocycles. The standard InChI is InChI=1S/C78H140O9/c1-5-9-13-17-21-25-29-33-37-41-45-49-53-57-61-65-73(79)83-69-71(85-74(80)66-62-58-54-50-46-42-38-34-30-26-22-18-14-10-6-2)77-78(87-76(82)68-64-60-56-52-48-44-40-36-32-28-24-20-16-12-8-4)72(70-84-77)86-75(81)67-63-59-55-51-47-43-39-35-31-27-23-19-15-11-7-3/h33-40,71-72,77-78H,5-32,41-70H2,1-4H3/b37-33-,38-34-,39-35-,40-36-/t71?,72-,77-,78+/m1/s1. The smallest absolute Gasteiger partial charge is 0.306 e. The van der Waals surface area contributed by atoms with Crippen LogP contribution in [0.4, 0.5) is 0 Å². The van der Waals surface area contributed by atoms with Gasteiger partial charge in [-0.15, -0.1) is 0 Å². The molecule has 87 heavy (non-hydrogen) atoms. The number of esters is 4. The third kappa shape index (κ3) is 55.4. The number of unbranched alkanes of at least 4 members (excludes halogenated alkanes) is 44. The maximum Gasteiger partial charge on any atom is 0.306 e. The Morgan fingerprint density at radius 1 is 0.322 bits per heavy atom. The van der Waals surface area contributed by atoms with E-state index in [-0.39, 0.29) is 50.8 Å². The van der Waals surface area contributed by atoms with E-state index in [0.717, 1.165) is 135 Å². The number of carbonyl (C=O) groups excluding carboxylic acids is 4. The molecule has 0 N–H and O–H groups in total. The summed E-state index contributed by atoms with van der Waals surface area (Å²) in [6, 6.07) is 0. The van der Waals surface area contributed by atoms with Crippen LogP contribution in [0.3, 0.4) is 0 Å². The molecule has 1 fully saturated rings. The van der Waals surface area contributed by atoms with Gasteiger partial charge >= 0.3 is 23.9 Å². The maximum absolute atomic E-state index is 13.7. The number of rotatable bonds is 66. The predicted molar refractivity (Wildman–Crippen MR) is 368 cm³/mol. The topological polar surface area (TPSA) is 114 Å². The first-order valence-corrected chi connectivity index (χ1v) is 37.8.